The van der Waals surface area contributed by atoms with Crippen molar-refractivity contribution >= 4 is 17.9 Å². The molecule has 3 amide bonds. The SMILES string of the molecule is C=CCCCCC[C@H](NC(=O)OC1CCCC1)C(=O)N1CC(O)C[C@H]1C(N)=O. The second kappa shape index (κ2) is 11.0. The van der Waals surface area contributed by atoms with Crippen molar-refractivity contribution in [3.05, 3.63) is 12.7 Å². The zero-order valence-electron chi connectivity index (χ0n) is 16.5. The molecule has 2 rings (SSSR count). The summed E-state index contributed by atoms with van der Waals surface area (Å²) in [4.78, 5) is 38.3. The Bertz CT molecular complexity index is 562. The average Bonchev–Trinajstić information content (AvgIpc) is 3.29. The molecule has 0 spiro atoms. The van der Waals surface area contributed by atoms with E-state index in [0.29, 0.717) is 6.42 Å². The van der Waals surface area contributed by atoms with Crippen molar-refractivity contribution in [2.24, 2.45) is 5.73 Å². The zero-order chi connectivity index (χ0) is 20.5. The van der Waals surface area contributed by atoms with E-state index in [-0.39, 0.29) is 19.1 Å². The average molecular weight is 396 g/mol. The molecule has 8 heteroatoms. The first kappa shape index (κ1) is 22.2. The summed E-state index contributed by atoms with van der Waals surface area (Å²) in [6, 6.07) is -1.65. The van der Waals surface area contributed by atoms with Crippen molar-refractivity contribution in [2.45, 2.75) is 88.5 Å². The largest absolute Gasteiger partial charge is 0.446 e. The van der Waals surface area contributed by atoms with E-state index >= 15 is 0 Å². The molecule has 0 aromatic carbocycles. The van der Waals surface area contributed by atoms with E-state index in [0.717, 1.165) is 51.4 Å². The van der Waals surface area contributed by atoms with Crippen LogP contribution in [0.25, 0.3) is 0 Å². The predicted octanol–water partition coefficient (Wildman–Crippen LogP) is 1.61. The van der Waals surface area contributed by atoms with Gasteiger partial charge in [-0.15, -0.1) is 6.58 Å². The zero-order valence-corrected chi connectivity index (χ0v) is 16.5. The Morgan fingerprint density at radius 1 is 1.25 bits per heavy atom. The quantitative estimate of drug-likeness (QED) is 0.383. The van der Waals surface area contributed by atoms with E-state index in [1.165, 1.54) is 4.90 Å². The Labute approximate surface area is 166 Å². The highest BCUT2D eigenvalue weighted by atomic mass is 16.6. The summed E-state index contributed by atoms with van der Waals surface area (Å²) in [5.74, 6) is -1.05. The summed E-state index contributed by atoms with van der Waals surface area (Å²) in [6.07, 6.45) is 8.18. The minimum atomic E-state index is -0.849. The third-order valence-electron chi connectivity index (χ3n) is 5.46. The molecule has 4 N–H and O–H groups in total. The van der Waals surface area contributed by atoms with Crippen molar-refractivity contribution in [1.82, 2.24) is 10.2 Å². The molecule has 158 valence electrons. The minimum Gasteiger partial charge on any atom is -0.446 e. The van der Waals surface area contributed by atoms with Crippen LogP contribution in [0.5, 0.6) is 0 Å². The number of nitrogens with one attached hydrogen (secondary N) is 1. The van der Waals surface area contributed by atoms with Gasteiger partial charge in [0, 0.05) is 13.0 Å². The first-order valence-corrected chi connectivity index (χ1v) is 10.3. The maximum absolute atomic E-state index is 13.0. The van der Waals surface area contributed by atoms with Gasteiger partial charge in [0.25, 0.3) is 0 Å². The highest BCUT2D eigenvalue weighted by molar-refractivity contribution is 5.91. The van der Waals surface area contributed by atoms with Crippen LogP contribution in [-0.4, -0.2) is 58.8 Å². The molecular formula is C20H33N3O5. The van der Waals surface area contributed by atoms with E-state index in [4.69, 9.17) is 10.5 Å². The Balaban J connectivity index is 1.98. The summed E-state index contributed by atoms with van der Waals surface area (Å²) in [5.41, 5.74) is 5.39. The molecule has 1 saturated carbocycles. The smallest absolute Gasteiger partial charge is 0.408 e. The third kappa shape index (κ3) is 6.51. The summed E-state index contributed by atoms with van der Waals surface area (Å²) in [5, 5.41) is 12.6. The number of unbranched alkanes of at least 4 members (excludes halogenated alkanes) is 3. The number of likely N-dealkylation sites (tertiary alicyclic amines) is 1. The summed E-state index contributed by atoms with van der Waals surface area (Å²) >= 11 is 0. The molecule has 2 aliphatic rings. The number of allylic oxidation sites excluding steroid dienone is 1. The Kier molecular flexibility index (Phi) is 8.76. The van der Waals surface area contributed by atoms with E-state index in [2.05, 4.69) is 11.9 Å². The van der Waals surface area contributed by atoms with Crippen molar-refractivity contribution in [1.29, 1.82) is 0 Å². The topological polar surface area (TPSA) is 122 Å². The number of amides is 3. The highest BCUT2D eigenvalue weighted by Crippen LogP contribution is 2.22. The monoisotopic (exact) mass is 395 g/mol. The fourth-order valence-electron chi connectivity index (χ4n) is 3.93. The number of rotatable bonds is 10. The Hall–Kier alpha value is -2.09. The first-order chi connectivity index (χ1) is 13.4. The third-order valence-corrected chi connectivity index (χ3v) is 5.46. The number of β-amino-alcohol motifs (C(OH)–C–C–N with tert-alkyl or cyclic N) is 1. The molecule has 3 atom stereocenters. The minimum absolute atomic E-state index is 0.0404. The van der Waals surface area contributed by atoms with Gasteiger partial charge in [-0.05, 0) is 44.9 Å². The summed E-state index contributed by atoms with van der Waals surface area (Å²) < 4.78 is 5.42. The van der Waals surface area contributed by atoms with Crippen LogP contribution in [0, 0.1) is 0 Å². The van der Waals surface area contributed by atoms with Crippen LogP contribution in [-0.2, 0) is 14.3 Å². The van der Waals surface area contributed by atoms with Crippen molar-refractivity contribution < 1.29 is 24.2 Å². The van der Waals surface area contributed by atoms with Crippen LogP contribution in [0.1, 0.15) is 64.2 Å². The van der Waals surface area contributed by atoms with Crippen molar-refractivity contribution in [3.8, 4) is 0 Å². The lowest BCUT2D eigenvalue weighted by Gasteiger charge is -2.28. The lowest BCUT2D eigenvalue weighted by molar-refractivity contribution is -0.139. The van der Waals surface area contributed by atoms with Crippen LogP contribution in [0.15, 0.2) is 12.7 Å². The Morgan fingerprint density at radius 2 is 1.96 bits per heavy atom. The van der Waals surface area contributed by atoms with Crippen LogP contribution >= 0.6 is 0 Å². The molecule has 2 fully saturated rings. The molecule has 1 aliphatic carbocycles. The van der Waals surface area contributed by atoms with Crippen LogP contribution < -0.4 is 11.1 Å². The van der Waals surface area contributed by atoms with Crippen molar-refractivity contribution in [3.63, 3.8) is 0 Å². The molecule has 1 heterocycles. The molecule has 1 unspecified atom stereocenters. The number of carbonyl (C=O) groups is 3. The standard InChI is InChI=1S/C20H33N3O5/c1-2-3-4-5-6-11-16(22-20(27)28-15-9-7-8-10-15)19(26)23-13-14(24)12-17(23)18(21)25/h2,14-17,24H,1,3-13H2,(H2,21,25)(H,22,27)/t14?,16-,17-/m0/s1. The summed E-state index contributed by atoms with van der Waals surface area (Å²) in [6.45, 7) is 3.73. The molecule has 28 heavy (non-hydrogen) atoms. The lowest BCUT2D eigenvalue weighted by Crippen LogP contribution is -2.53. The number of nitrogens with zero attached hydrogens (tertiary/aromatic N) is 1. The molecule has 0 bridgehead atoms. The second-order valence-electron chi connectivity index (χ2n) is 7.73. The number of nitrogens with two attached hydrogens (primary N) is 1. The van der Waals surface area contributed by atoms with Gasteiger partial charge in [0.1, 0.15) is 18.2 Å². The predicted molar refractivity (Wildman–Crippen MR) is 104 cm³/mol. The highest BCUT2D eigenvalue weighted by Gasteiger charge is 2.40. The van der Waals surface area contributed by atoms with Gasteiger partial charge in [-0.3, -0.25) is 9.59 Å². The number of hydrogen-bond donors (Lipinski definition) is 3. The number of alkyl carbamates (subject to hydrolysis) is 1. The number of aliphatic hydroxyl groups is 1. The fraction of sp³-hybridized carbons (Fsp3) is 0.750. The van der Waals surface area contributed by atoms with Crippen LogP contribution in [0.4, 0.5) is 4.79 Å². The van der Waals surface area contributed by atoms with Crippen LogP contribution in [0.3, 0.4) is 0 Å². The van der Waals surface area contributed by atoms with Gasteiger partial charge in [-0.25, -0.2) is 4.79 Å². The van der Waals surface area contributed by atoms with Crippen molar-refractivity contribution in [2.75, 3.05) is 6.54 Å². The molecule has 0 radical (unpaired) electrons. The Morgan fingerprint density at radius 3 is 2.61 bits per heavy atom. The van der Waals surface area contributed by atoms with Crippen LogP contribution in [0.2, 0.25) is 0 Å². The number of ether oxygens (including phenoxy) is 1. The van der Waals surface area contributed by atoms with Gasteiger partial charge in [0.2, 0.25) is 11.8 Å². The van der Waals surface area contributed by atoms with E-state index in [1.807, 2.05) is 6.08 Å². The molecule has 8 nitrogen and oxygen atoms in total. The van der Waals surface area contributed by atoms with Gasteiger partial charge >= 0.3 is 6.09 Å². The number of hydrogen-bond acceptors (Lipinski definition) is 5. The van der Waals surface area contributed by atoms with Gasteiger partial charge in [-0.1, -0.05) is 18.9 Å². The molecule has 1 saturated heterocycles. The van der Waals surface area contributed by atoms with E-state index in [1.54, 1.807) is 0 Å². The van der Waals surface area contributed by atoms with Gasteiger partial charge in [-0.2, -0.15) is 0 Å². The maximum atomic E-state index is 13.0. The molecule has 1 aliphatic heterocycles. The number of aliphatic hydroxyl groups excluding tert-OH is 1. The number of primary amides is 1. The van der Waals surface area contributed by atoms with Gasteiger partial charge in [0.15, 0.2) is 0 Å². The summed E-state index contributed by atoms with van der Waals surface area (Å²) in [7, 11) is 0. The molecular weight excluding hydrogens is 362 g/mol. The first-order valence-electron chi connectivity index (χ1n) is 10.3. The second-order valence-corrected chi connectivity index (χ2v) is 7.73. The number of carbonyl (C=O) groups excluding carboxylic acids is 3. The normalized spacial score (nSPS) is 23.4. The van der Waals surface area contributed by atoms with Gasteiger partial charge < -0.3 is 25.8 Å². The molecule has 0 aromatic heterocycles. The molecule has 0 aromatic rings. The van der Waals surface area contributed by atoms with E-state index < -0.39 is 36.1 Å². The van der Waals surface area contributed by atoms with E-state index in [9.17, 15) is 19.5 Å². The maximum Gasteiger partial charge on any atom is 0.408 e. The fourth-order valence-corrected chi connectivity index (χ4v) is 3.93. The van der Waals surface area contributed by atoms with Gasteiger partial charge in [0.05, 0.1) is 6.10 Å². The lowest BCUT2D eigenvalue weighted by atomic mass is 10.1.